The molecule has 10 heteroatoms. The number of ether oxygens (including phenoxy) is 1. The van der Waals surface area contributed by atoms with Crippen LogP contribution in [-0.4, -0.2) is 43.7 Å². The summed E-state index contributed by atoms with van der Waals surface area (Å²) in [5.41, 5.74) is 2.15. The van der Waals surface area contributed by atoms with E-state index in [1.54, 1.807) is 12.1 Å². The van der Waals surface area contributed by atoms with Gasteiger partial charge < -0.3 is 4.74 Å². The van der Waals surface area contributed by atoms with Gasteiger partial charge in [0.2, 0.25) is 15.9 Å². The van der Waals surface area contributed by atoms with Crippen molar-refractivity contribution in [3.8, 4) is 0 Å². The van der Waals surface area contributed by atoms with Gasteiger partial charge in [-0.15, -0.1) is 0 Å². The van der Waals surface area contributed by atoms with E-state index in [-0.39, 0.29) is 29.1 Å². The molecule has 1 aliphatic heterocycles. The normalized spacial score (nSPS) is 16.0. The van der Waals surface area contributed by atoms with Gasteiger partial charge in [0.15, 0.2) is 0 Å². The van der Waals surface area contributed by atoms with Crippen LogP contribution >= 0.6 is 11.6 Å². The number of anilines is 1. The second-order valence-corrected chi connectivity index (χ2v) is 10.6. The summed E-state index contributed by atoms with van der Waals surface area (Å²) in [6.45, 7) is 1.80. The monoisotopic (exact) mass is 526 g/mol. The fraction of sp³-hybridized carbons (Fsp3) is 0.192. The van der Waals surface area contributed by atoms with Gasteiger partial charge in [0.25, 0.3) is 5.91 Å². The molecule has 2 amide bonds. The molecular formula is C26H23ClN2O6S. The van der Waals surface area contributed by atoms with Crippen LogP contribution in [-0.2, 0) is 30.9 Å². The van der Waals surface area contributed by atoms with Crippen molar-refractivity contribution in [3.05, 3.63) is 94.5 Å². The van der Waals surface area contributed by atoms with Crippen LogP contribution < -0.4 is 4.90 Å². The summed E-state index contributed by atoms with van der Waals surface area (Å²) in [5.74, 6) is -1.77. The summed E-state index contributed by atoms with van der Waals surface area (Å²) in [6.07, 6.45) is -0.323. The van der Waals surface area contributed by atoms with E-state index in [1.165, 1.54) is 55.6 Å². The number of halogens is 1. The zero-order chi connectivity index (χ0) is 26.0. The van der Waals surface area contributed by atoms with Gasteiger partial charge in [0, 0.05) is 11.6 Å². The van der Waals surface area contributed by atoms with Crippen LogP contribution in [0.3, 0.4) is 0 Å². The molecule has 1 heterocycles. The number of hydrogen-bond acceptors (Lipinski definition) is 6. The molecule has 0 N–H and O–H groups in total. The van der Waals surface area contributed by atoms with Crippen molar-refractivity contribution in [2.45, 2.75) is 30.8 Å². The highest BCUT2D eigenvalue weighted by atomic mass is 35.5. The third-order valence-corrected chi connectivity index (χ3v) is 8.02. The predicted octanol–water partition coefficient (Wildman–Crippen LogP) is 3.96. The van der Waals surface area contributed by atoms with Crippen molar-refractivity contribution >= 4 is 45.1 Å². The molecule has 1 fully saturated rings. The van der Waals surface area contributed by atoms with Crippen molar-refractivity contribution in [1.82, 2.24) is 4.31 Å². The zero-order valence-electron chi connectivity index (χ0n) is 19.5. The van der Waals surface area contributed by atoms with E-state index in [4.69, 9.17) is 11.6 Å². The Morgan fingerprint density at radius 2 is 1.61 bits per heavy atom. The Morgan fingerprint density at radius 1 is 1.00 bits per heavy atom. The molecule has 0 spiro atoms. The molecule has 36 heavy (non-hydrogen) atoms. The Balaban J connectivity index is 1.71. The van der Waals surface area contributed by atoms with E-state index >= 15 is 0 Å². The van der Waals surface area contributed by atoms with Gasteiger partial charge in [-0.05, 0) is 61.0 Å². The fourth-order valence-corrected chi connectivity index (χ4v) is 5.65. The number of esters is 1. The number of aryl methyl sites for hydroxylation is 1. The maximum atomic E-state index is 13.7. The summed E-state index contributed by atoms with van der Waals surface area (Å²) < 4.78 is 33.1. The Hall–Kier alpha value is -3.53. The molecule has 4 rings (SSSR count). The minimum absolute atomic E-state index is 0.0415. The number of hydrogen-bond donors (Lipinski definition) is 0. The maximum Gasteiger partial charge on any atom is 0.337 e. The average Bonchev–Trinajstić information content (AvgIpc) is 3.16. The van der Waals surface area contributed by atoms with Crippen molar-refractivity contribution < 1.29 is 27.5 Å². The molecule has 3 aromatic carbocycles. The number of sulfonamides is 1. The maximum absolute atomic E-state index is 13.7. The van der Waals surface area contributed by atoms with Gasteiger partial charge in [-0.1, -0.05) is 41.4 Å². The van der Waals surface area contributed by atoms with E-state index < -0.39 is 33.8 Å². The Bertz CT molecular complexity index is 1400. The largest absolute Gasteiger partial charge is 0.465 e. The van der Waals surface area contributed by atoms with Gasteiger partial charge in [-0.25, -0.2) is 18.1 Å². The molecule has 0 radical (unpaired) electrons. The molecule has 0 saturated carbocycles. The second-order valence-electron chi connectivity index (χ2n) is 8.32. The Kier molecular flexibility index (Phi) is 7.26. The number of benzene rings is 3. The number of rotatable bonds is 7. The average molecular weight is 527 g/mol. The van der Waals surface area contributed by atoms with Gasteiger partial charge in [-0.3, -0.25) is 9.59 Å². The summed E-state index contributed by atoms with van der Waals surface area (Å²) >= 11 is 5.94. The number of carbonyl (C=O) groups is 3. The first-order valence-electron chi connectivity index (χ1n) is 11.0. The topological polar surface area (TPSA) is 101 Å². The number of amides is 2. The van der Waals surface area contributed by atoms with Crippen molar-refractivity contribution in [2.75, 3.05) is 12.0 Å². The highest BCUT2D eigenvalue weighted by Crippen LogP contribution is 2.31. The van der Waals surface area contributed by atoms with Crippen molar-refractivity contribution in [2.24, 2.45) is 0 Å². The number of methoxy groups -OCH3 is 1. The van der Waals surface area contributed by atoms with Crippen LogP contribution in [0.15, 0.2) is 77.7 Å². The van der Waals surface area contributed by atoms with E-state index in [0.717, 1.165) is 14.8 Å². The van der Waals surface area contributed by atoms with Gasteiger partial charge in [0.1, 0.15) is 6.04 Å². The highest BCUT2D eigenvalue weighted by Gasteiger charge is 2.47. The fourth-order valence-electron chi connectivity index (χ4n) is 3.95. The lowest BCUT2D eigenvalue weighted by Gasteiger charge is -2.27. The zero-order valence-corrected chi connectivity index (χ0v) is 21.1. The van der Waals surface area contributed by atoms with Crippen LogP contribution in [0, 0.1) is 6.92 Å². The molecule has 0 aliphatic carbocycles. The molecule has 1 unspecified atom stereocenters. The first-order chi connectivity index (χ1) is 17.1. The summed E-state index contributed by atoms with van der Waals surface area (Å²) in [7, 11) is -2.93. The molecule has 1 saturated heterocycles. The standard InChI is InChI=1S/C26H23ClN2O6S/c1-17-3-5-18(6-4-17)16-28(36(33,34)22-13-9-20(27)10-14-22)23-15-24(30)29(25(23)31)21-11-7-19(8-12-21)26(32)35-2/h3-14,23H,15-16H2,1-2H3. The predicted molar refractivity (Wildman–Crippen MR) is 134 cm³/mol. The molecule has 3 aromatic rings. The van der Waals surface area contributed by atoms with Gasteiger partial charge >= 0.3 is 5.97 Å². The van der Waals surface area contributed by atoms with E-state index in [0.29, 0.717) is 10.6 Å². The van der Waals surface area contributed by atoms with Gasteiger partial charge in [-0.2, -0.15) is 4.31 Å². The van der Waals surface area contributed by atoms with Crippen LogP contribution in [0.5, 0.6) is 0 Å². The molecule has 8 nitrogen and oxygen atoms in total. The lowest BCUT2D eigenvalue weighted by Crippen LogP contribution is -2.45. The summed E-state index contributed by atoms with van der Waals surface area (Å²) in [4.78, 5) is 39.1. The summed E-state index contributed by atoms with van der Waals surface area (Å²) in [6, 6.07) is 17.4. The van der Waals surface area contributed by atoms with E-state index in [1.807, 2.05) is 19.1 Å². The highest BCUT2D eigenvalue weighted by molar-refractivity contribution is 7.89. The van der Waals surface area contributed by atoms with Crippen molar-refractivity contribution in [1.29, 1.82) is 0 Å². The molecule has 186 valence electrons. The second kappa shape index (κ2) is 10.2. The minimum atomic E-state index is -4.18. The number of imide groups is 1. The quantitative estimate of drug-likeness (QED) is 0.341. The van der Waals surface area contributed by atoms with Crippen LogP contribution in [0.1, 0.15) is 27.9 Å². The SMILES string of the molecule is COC(=O)c1ccc(N2C(=O)CC(N(Cc3ccc(C)cc3)S(=O)(=O)c3ccc(Cl)cc3)C2=O)cc1. The van der Waals surface area contributed by atoms with E-state index in [9.17, 15) is 22.8 Å². The first kappa shape index (κ1) is 25.6. The van der Waals surface area contributed by atoms with Gasteiger partial charge in [0.05, 0.1) is 29.7 Å². The molecule has 0 bridgehead atoms. The number of nitrogens with zero attached hydrogens (tertiary/aromatic N) is 2. The summed E-state index contributed by atoms with van der Waals surface area (Å²) in [5, 5.41) is 0.368. The third kappa shape index (κ3) is 5.04. The number of carbonyl (C=O) groups excluding carboxylic acids is 3. The van der Waals surface area contributed by atoms with Crippen LogP contribution in [0.25, 0.3) is 0 Å². The first-order valence-corrected chi connectivity index (χ1v) is 12.8. The van der Waals surface area contributed by atoms with Crippen LogP contribution in [0.4, 0.5) is 5.69 Å². The molecule has 0 aromatic heterocycles. The smallest absolute Gasteiger partial charge is 0.337 e. The molecule has 1 aliphatic rings. The van der Waals surface area contributed by atoms with Crippen LogP contribution in [0.2, 0.25) is 5.02 Å². The minimum Gasteiger partial charge on any atom is -0.465 e. The lowest BCUT2D eigenvalue weighted by atomic mass is 10.1. The third-order valence-electron chi connectivity index (χ3n) is 5.90. The van der Waals surface area contributed by atoms with Crippen molar-refractivity contribution in [3.63, 3.8) is 0 Å². The molecular weight excluding hydrogens is 504 g/mol. The Labute approximate surface area is 214 Å². The Morgan fingerprint density at radius 3 is 2.19 bits per heavy atom. The lowest BCUT2D eigenvalue weighted by molar-refractivity contribution is -0.122. The van der Waals surface area contributed by atoms with E-state index in [2.05, 4.69) is 4.74 Å². The molecule has 1 atom stereocenters.